The lowest BCUT2D eigenvalue weighted by atomic mass is 10.1. The predicted octanol–water partition coefficient (Wildman–Crippen LogP) is 3.39. The van der Waals surface area contributed by atoms with Gasteiger partial charge in [0.05, 0.1) is 0 Å². The summed E-state index contributed by atoms with van der Waals surface area (Å²) < 4.78 is 0. The van der Waals surface area contributed by atoms with Crippen molar-refractivity contribution in [1.29, 1.82) is 0 Å². The van der Waals surface area contributed by atoms with Crippen LogP contribution in [0.5, 0.6) is 0 Å². The Bertz CT molecular complexity index is 164. The van der Waals surface area contributed by atoms with E-state index < -0.39 is 0 Å². The summed E-state index contributed by atoms with van der Waals surface area (Å²) in [5.41, 5.74) is 0. The third kappa shape index (κ3) is 11.2. The Morgan fingerprint density at radius 2 is 1.79 bits per heavy atom. The van der Waals surface area contributed by atoms with Gasteiger partial charge in [-0.3, -0.25) is 4.79 Å². The Balaban J connectivity index is 3.05. The van der Waals surface area contributed by atoms with Crippen LogP contribution in [0.15, 0.2) is 12.3 Å². The van der Waals surface area contributed by atoms with Gasteiger partial charge >= 0.3 is 0 Å². The number of carbonyl (C=O) groups is 1. The van der Waals surface area contributed by atoms with Crippen molar-refractivity contribution in [2.75, 3.05) is 0 Å². The van der Waals surface area contributed by atoms with Crippen LogP contribution in [-0.2, 0) is 4.79 Å². The standard InChI is InChI=1S/C12H23NO/c1-3-4-5-6-7-8-9-10-11-13-12(2)14/h10-11H,3-9H2,1-2H3,(H,13,14)/b11-10-. The fourth-order valence-corrected chi connectivity index (χ4v) is 1.30. The van der Waals surface area contributed by atoms with Gasteiger partial charge in [-0.05, 0) is 19.0 Å². The summed E-state index contributed by atoms with van der Waals surface area (Å²) >= 11 is 0. The number of hydrogen-bond donors (Lipinski definition) is 1. The highest BCUT2D eigenvalue weighted by Gasteiger charge is 1.88. The number of amides is 1. The molecule has 0 heterocycles. The third-order valence-corrected chi connectivity index (χ3v) is 2.13. The lowest BCUT2D eigenvalue weighted by Crippen LogP contribution is -2.11. The second kappa shape index (κ2) is 10.3. The predicted molar refractivity (Wildman–Crippen MR) is 60.9 cm³/mol. The van der Waals surface area contributed by atoms with Crippen molar-refractivity contribution >= 4 is 5.91 Å². The van der Waals surface area contributed by atoms with E-state index in [1.807, 2.05) is 6.08 Å². The first kappa shape index (κ1) is 13.2. The lowest BCUT2D eigenvalue weighted by Gasteiger charge is -1.97. The quantitative estimate of drug-likeness (QED) is 0.594. The normalized spacial score (nSPS) is 10.7. The smallest absolute Gasteiger partial charge is 0.220 e. The number of unbranched alkanes of at least 4 members (excludes halogenated alkanes) is 6. The van der Waals surface area contributed by atoms with Gasteiger partial charge < -0.3 is 5.32 Å². The molecule has 0 bridgehead atoms. The third-order valence-electron chi connectivity index (χ3n) is 2.13. The minimum atomic E-state index is 0.00388. The number of carbonyl (C=O) groups excluding carboxylic acids is 1. The average Bonchev–Trinajstić information content (AvgIpc) is 2.15. The Hall–Kier alpha value is -0.790. The maximum absolute atomic E-state index is 10.5. The molecule has 0 aromatic rings. The van der Waals surface area contributed by atoms with E-state index in [1.54, 1.807) is 6.20 Å². The zero-order chi connectivity index (χ0) is 10.6. The Kier molecular flexibility index (Phi) is 9.71. The van der Waals surface area contributed by atoms with Crippen LogP contribution in [0.25, 0.3) is 0 Å². The van der Waals surface area contributed by atoms with E-state index >= 15 is 0 Å². The fraction of sp³-hybridized carbons (Fsp3) is 0.750. The molecule has 2 nitrogen and oxygen atoms in total. The maximum Gasteiger partial charge on any atom is 0.220 e. The first-order valence-corrected chi connectivity index (χ1v) is 5.69. The van der Waals surface area contributed by atoms with Gasteiger partial charge in [0.25, 0.3) is 0 Å². The van der Waals surface area contributed by atoms with Crippen molar-refractivity contribution in [3.05, 3.63) is 12.3 Å². The van der Waals surface area contributed by atoms with E-state index in [0.717, 1.165) is 6.42 Å². The summed E-state index contributed by atoms with van der Waals surface area (Å²) in [6, 6.07) is 0. The van der Waals surface area contributed by atoms with Gasteiger partial charge in [-0.2, -0.15) is 0 Å². The SMILES string of the molecule is CCCCCCCC/C=C\NC(C)=O. The van der Waals surface area contributed by atoms with Crippen LogP contribution in [0.2, 0.25) is 0 Å². The van der Waals surface area contributed by atoms with Gasteiger partial charge in [0.2, 0.25) is 5.91 Å². The highest BCUT2D eigenvalue weighted by Crippen LogP contribution is 2.06. The molecule has 14 heavy (non-hydrogen) atoms. The molecular formula is C12H23NO. The van der Waals surface area contributed by atoms with Gasteiger partial charge in [0.1, 0.15) is 0 Å². The summed E-state index contributed by atoms with van der Waals surface area (Å²) in [6.45, 7) is 3.76. The van der Waals surface area contributed by atoms with Gasteiger partial charge in [-0.25, -0.2) is 0 Å². The Morgan fingerprint density at radius 1 is 1.14 bits per heavy atom. The van der Waals surface area contributed by atoms with Gasteiger partial charge in [-0.1, -0.05) is 45.1 Å². The molecular weight excluding hydrogens is 174 g/mol. The molecule has 0 aliphatic heterocycles. The van der Waals surface area contributed by atoms with Gasteiger partial charge in [0.15, 0.2) is 0 Å². The Morgan fingerprint density at radius 3 is 2.43 bits per heavy atom. The molecule has 1 amide bonds. The number of nitrogens with one attached hydrogen (secondary N) is 1. The average molecular weight is 197 g/mol. The Labute approximate surface area is 87.8 Å². The monoisotopic (exact) mass is 197 g/mol. The van der Waals surface area contributed by atoms with E-state index in [4.69, 9.17) is 0 Å². The molecule has 2 heteroatoms. The van der Waals surface area contributed by atoms with Crippen LogP contribution in [0.1, 0.15) is 58.8 Å². The van der Waals surface area contributed by atoms with Crippen molar-refractivity contribution in [2.45, 2.75) is 58.8 Å². The summed E-state index contributed by atoms with van der Waals surface area (Å²) in [5.74, 6) is 0.00388. The first-order chi connectivity index (χ1) is 6.77. The van der Waals surface area contributed by atoms with Gasteiger partial charge in [0, 0.05) is 6.92 Å². The summed E-state index contributed by atoms with van der Waals surface area (Å²) in [7, 11) is 0. The molecule has 0 rings (SSSR count). The molecule has 0 aliphatic rings. The molecule has 0 fully saturated rings. The van der Waals surface area contributed by atoms with E-state index in [0.29, 0.717) is 0 Å². The van der Waals surface area contributed by atoms with Crippen molar-refractivity contribution in [3.63, 3.8) is 0 Å². The van der Waals surface area contributed by atoms with Crippen LogP contribution in [-0.4, -0.2) is 5.91 Å². The second-order valence-corrected chi connectivity index (χ2v) is 3.66. The van der Waals surface area contributed by atoms with Crippen LogP contribution < -0.4 is 5.32 Å². The van der Waals surface area contributed by atoms with Crippen molar-refractivity contribution < 1.29 is 4.79 Å². The van der Waals surface area contributed by atoms with Crippen LogP contribution in [0, 0.1) is 0 Å². The molecule has 0 saturated heterocycles. The number of hydrogen-bond acceptors (Lipinski definition) is 1. The topological polar surface area (TPSA) is 29.1 Å². The number of rotatable bonds is 8. The van der Waals surface area contributed by atoms with E-state index in [-0.39, 0.29) is 5.91 Å². The molecule has 0 atom stereocenters. The molecule has 0 radical (unpaired) electrons. The molecule has 82 valence electrons. The maximum atomic E-state index is 10.5. The minimum Gasteiger partial charge on any atom is -0.333 e. The van der Waals surface area contributed by atoms with Crippen molar-refractivity contribution in [2.24, 2.45) is 0 Å². The van der Waals surface area contributed by atoms with E-state index in [1.165, 1.54) is 45.4 Å². The highest BCUT2D eigenvalue weighted by atomic mass is 16.1. The highest BCUT2D eigenvalue weighted by molar-refractivity contribution is 5.73. The molecule has 0 aromatic heterocycles. The minimum absolute atomic E-state index is 0.00388. The zero-order valence-corrected chi connectivity index (χ0v) is 9.51. The van der Waals surface area contributed by atoms with Gasteiger partial charge in [-0.15, -0.1) is 0 Å². The van der Waals surface area contributed by atoms with Crippen LogP contribution in [0.3, 0.4) is 0 Å². The molecule has 0 aliphatic carbocycles. The molecule has 1 N–H and O–H groups in total. The molecule has 0 unspecified atom stereocenters. The number of allylic oxidation sites excluding steroid dienone is 1. The molecule has 0 aromatic carbocycles. The summed E-state index contributed by atoms with van der Waals surface area (Å²) in [5, 5.41) is 2.64. The largest absolute Gasteiger partial charge is 0.333 e. The fourth-order valence-electron chi connectivity index (χ4n) is 1.30. The van der Waals surface area contributed by atoms with Crippen LogP contribution >= 0.6 is 0 Å². The van der Waals surface area contributed by atoms with Crippen LogP contribution in [0.4, 0.5) is 0 Å². The van der Waals surface area contributed by atoms with E-state index in [2.05, 4.69) is 12.2 Å². The van der Waals surface area contributed by atoms with Crippen molar-refractivity contribution in [1.82, 2.24) is 5.32 Å². The summed E-state index contributed by atoms with van der Waals surface area (Å²) in [6.07, 6.45) is 12.8. The molecule has 0 saturated carbocycles. The molecule has 0 spiro atoms. The van der Waals surface area contributed by atoms with E-state index in [9.17, 15) is 4.79 Å². The lowest BCUT2D eigenvalue weighted by molar-refractivity contribution is -0.118. The first-order valence-electron chi connectivity index (χ1n) is 5.69. The second-order valence-electron chi connectivity index (χ2n) is 3.66. The van der Waals surface area contributed by atoms with Crippen molar-refractivity contribution in [3.8, 4) is 0 Å². The zero-order valence-electron chi connectivity index (χ0n) is 9.51. The summed E-state index contributed by atoms with van der Waals surface area (Å²) in [4.78, 5) is 10.5.